The molecule has 1 unspecified atom stereocenters. The first kappa shape index (κ1) is 24.2. The van der Waals surface area contributed by atoms with Crippen molar-refractivity contribution in [2.45, 2.75) is 50.5 Å². The summed E-state index contributed by atoms with van der Waals surface area (Å²) in [6.07, 6.45) is 8.00. The Kier molecular flexibility index (Phi) is 12.7. The summed E-state index contributed by atoms with van der Waals surface area (Å²) in [6.45, 7) is 2.83. The van der Waals surface area contributed by atoms with E-state index in [9.17, 15) is 5.11 Å². The number of hydrogen-bond donors (Lipinski definition) is 3. The molecule has 0 aromatic heterocycles. The van der Waals surface area contributed by atoms with Gasteiger partial charge in [0.1, 0.15) is 0 Å². The Balaban J connectivity index is 0.00000364. The highest BCUT2D eigenvalue weighted by Gasteiger charge is 2.17. The lowest BCUT2D eigenvalue weighted by atomic mass is 9.94. The number of rotatable bonds is 9. The summed E-state index contributed by atoms with van der Waals surface area (Å²) in [6, 6.07) is 10.9. The van der Waals surface area contributed by atoms with Crippen LogP contribution >= 0.6 is 24.0 Å². The normalized spacial score (nSPS) is 16.7. The van der Waals surface area contributed by atoms with Crippen LogP contribution in [0.5, 0.6) is 0 Å². The average Bonchev–Trinajstić information content (AvgIpc) is 2.71. The molecule has 0 saturated heterocycles. The molecule has 3 N–H and O–H groups in total. The van der Waals surface area contributed by atoms with Gasteiger partial charge in [-0.2, -0.15) is 0 Å². The molecule has 0 radical (unpaired) electrons. The van der Waals surface area contributed by atoms with Gasteiger partial charge < -0.3 is 20.6 Å². The summed E-state index contributed by atoms with van der Waals surface area (Å²) in [4.78, 5) is 6.82. The standard InChI is InChI=1S/C21H36N4O.HI/c1-22-21(24-16-19(17-26)18-10-5-3-6-11-18)23-14-9-15-25(2)20-12-7-4-8-13-20;/h3,5-6,10-11,19-20,26H,4,7-9,12-17H2,1-2H3,(H2,22,23,24);1H. The van der Waals surface area contributed by atoms with Crippen molar-refractivity contribution < 1.29 is 5.11 Å². The van der Waals surface area contributed by atoms with E-state index in [0.717, 1.165) is 37.1 Å². The number of aliphatic hydroxyl groups excluding tert-OH is 1. The van der Waals surface area contributed by atoms with Gasteiger partial charge in [-0.3, -0.25) is 4.99 Å². The smallest absolute Gasteiger partial charge is 0.191 e. The van der Waals surface area contributed by atoms with Crippen LogP contribution in [0.15, 0.2) is 35.3 Å². The van der Waals surface area contributed by atoms with E-state index in [1.807, 2.05) is 18.2 Å². The molecule has 1 aromatic carbocycles. The van der Waals surface area contributed by atoms with Crippen molar-refractivity contribution in [1.29, 1.82) is 0 Å². The molecular weight excluding hydrogens is 451 g/mol. The van der Waals surface area contributed by atoms with E-state index in [4.69, 9.17) is 0 Å². The third-order valence-corrected chi connectivity index (χ3v) is 5.41. The van der Waals surface area contributed by atoms with Gasteiger partial charge in [-0.05, 0) is 38.4 Å². The molecule has 1 saturated carbocycles. The minimum absolute atomic E-state index is 0. The van der Waals surface area contributed by atoms with Crippen LogP contribution in [-0.2, 0) is 0 Å². The molecule has 2 rings (SSSR count). The van der Waals surface area contributed by atoms with E-state index in [1.165, 1.54) is 32.1 Å². The average molecular weight is 488 g/mol. The van der Waals surface area contributed by atoms with E-state index in [-0.39, 0.29) is 36.5 Å². The van der Waals surface area contributed by atoms with Gasteiger partial charge in [0.25, 0.3) is 0 Å². The van der Waals surface area contributed by atoms with E-state index >= 15 is 0 Å². The van der Waals surface area contributed by atoms with Crippen LogP contribution in [0.3, 0.4) is 0 Å². The van der Waals surface area contributed by atoms with Crippen LogP contribution < -0.4 is 10.6 Å². The van der Waals surface area contributed by atoms with Crippen molar-refractivity contribution in [3.63, 3.8) is 0 Å². The van der Waals surface area contributed by atoms with Gasteiger partial charge >= 0.3 is 0 Å². The molecule has 1 aromatic rings. The maximum Gasteiger partial charge on any atom is 0.191 e. The van der Waals surface area contributed by atoms with Crippen LogP contribution in [0, 0.1) is 0 Å². The highest BCUT2D eigenvalue weighted by atomic mass is 127. The van der Waals surface area contributed by atoms with Crippen molar-refractivity contribution in [2.75, 3.05) is 40.3 Å². The molecule has 154 valence electrons. The van der Waals surface area contributed by atoms with Crippen molar-refractivity contribution in [1.82, 2.24) is 15.5 Å². The lowest BCUT2D eigenvalue weighted by Gasteiger charge is -2.31. The van der Waals surface area contributed by atoms with E-state index < -0.39 is 0 Å². The summed E-state index contributed by atoms with van der Waals surface area (Å²) < 4.78 is 0. The summed E-state index contributed by atoms with van der Waals surface area (Å²) >= 11 is 0. The minimum atomic E-state index is 0. The molecule has 0 heterocycles. The number of halogens is 1. The van der Waals surface area contributed by atoms with E-state index in [1.54, 1.807) is 7.05 Å². The van der Waals surface area contributed by atoms with Crippen molar-refractivity contribution in [3.8, 4) is 0 Å². The molecule has 0 bridgehead atoms. The fourth-order valence-corrected chi connectivity index (χ4v) is 3.69. The number of hydrogen-bond acceptors (Lipinski definition) is 3. The lowest BCUT2D eigenvalue weighted by Crippen LogP contribution is -2.41. The first-order chi connectivity index (χ1) is 12.7. The van der Waals surface area contributed by atoms with Crippen LogP contribution in [0.2, 0.25) is 0 Å². The molecule has 1 atom stereocenters. The number of nitrogens with one attached hydrogen (secondary N) is 2. The third-order valence-electron chi connectivity index (χ3n) is 5.41. The Morgan fingerprint density at radius 3 is 2.52 bits per heavy atom. The number of aliphatic imine (C=N–C) groups is 1. The SMILES string of the molecule is CN=C(NCCCN(C)C1CCCCC1)NCC(CO)c1ccccc1.I. The minimum Gasteiger partial charge on any atom is -0.396 e. The highest BCUT2D eigenvalue weighted by molar-refractivity contribution is 14.0. The van der Waals surface area contributed by atoms with Gasteiger partial charge in [-0.1, -0.05) is 49.6 Å². The van der Waals surface area contributed by atoms with Gasteiger partial charge in [-0.25, -0.2) is 0 Å². The summed E-state index contributed by atoms with van der Waals surface area (Å²) in [5, 5.41) is 16.4. The maximum atomic E-state index is 9.66. The molecule has 27 heavy (non-hydrogen) atoms. The maximum absolute atomic E-state index is 9.66. The van der Waals surface area contributed by atoms with Gasteiger partial charge in [0.2, 0.25) is 0 Å². The van der Waals surface area contributed by atoms with Crippen LogP contribution in [0.25, 0.3) is 0 Å². The monoisotopic (exact) mass is 488 g/mol. The second-order valence-electron chi connectivity index (χ2n) is 7.30. The van der Waals surface area contributed by atoms with Gasteiger partial charge in [0.05, 0.1) is 6.61 Å². The zero-order valence-corrected chi connectivity index (χ0v) is 19.2. The molecule has 0 spiro atoms. The molecule has 0 amide bonds. The lowest BCUT2D eigenvalue weighted by molar-refractivity contribution is 0.190. The van der Waals surface area contributed by atoms with Crippen LogP contribution in [0.1, 0.15) is 50.0 Å². The van der Waals surface area contributed by atoms with Crippen molar-refractivity contribution >= 4 is 29.9 Å². The van der Waals surface area contributed by atoms with E-state index in [0.29, 0.717) is 6.54 Å². The molecule has 1 aliphatic rings. The second kappa shape index (κ2) is 14.2. The second-order valence-corrected chi connectivity index (χ2v) is 7.30. The molecule has 6 heteroatoms. The highest BCUT2D eigenvalue weighted by Crippen LogP contribution is 2.21. The topological polar surface area (TPSA) is 59.9 Å². The van der Waals surface area contributed by atoms with Crippen LogP contribution in [-0.4, -0.2) is 62.3 Å². The molecule has 5 nitrogen and oxygen atoms in total. The van der Waals surface area contributed by atoms with Gasteiger partial charge in [-0.15, -0.1) is 24.0 Å². The Morgan fingerprint density at radius 1 is 1.19 bits per heavy atom. The Bertz CT molecular complexity index is 520. The zero-order valence-electron chi connectivity index (χ0n) is 16.9. The van der Waals surface area contributed by atoms with Gasteiger partial charge in [0.15, 0.2) is 5.96 Å². The summed E-state index contributed by atoms with van der Waals surface area (Å²) in [7, 11) is 4.05. The molecule has 1 fully saturated rings. The number of aliphatic hydroxyl groups is 1. The predicted molar refractivity (Wildman–Crippen MR) is 125 cm³/mol. The van der Waals surface area contributed by atoms with Crippen molar-refractivity contribution in [2.24, 2.45) is 4.99 Å². The fraction of sp³-hybridized carbons (Fsp3) is 0.667. The summed E-state index contributed by atoms with van der Waals surface area (Å²) in [5.74, 6) is 0.881. The molecule has 1 aliphatic carbocycles. The van der Waals surface area contributed by atoms with Crippen molar-refractivity contribution in [3.05, 3.63) is 35.9 Å². The fourth-order valence-electron chi connectivity index (χ4n) is 3.69. The largest absolute Gasteiger partial charge is 0.396 e. The Hall–Kier alpha value is -0.860. The van der Waals surface area contributed by atoms with Crippen LogP contribution in [0.4, 0.5) is 0 Å². The number of nitrogens with zero attached hydrogens (tertiary/aromatic N) is 2. The quantitative estimate of drug-likeness (QED) is 0.216. The Morgan fingerprint density at radius 2 is 1.89 bits per heavy atom. The zero-order chi connectivity index (χ0) is 18.6. The van der Waals surface area contributed by atoms with E-state index in [2.05, 4.69) is 39.7 Å². The number of benzene rings is 1. The third kappa shape index (κ3) is 8.79. The molecule has 0 aliphatic heterocycles. The molecular formula is C21H37IN4O. The summed E-state index contributed by atoms with van der Waals surface area (Å²) in [5.41, 5.74) is 1.15. The Labute approximate surface area is 182 Å². The predicted octanol–water partition coefficient (Wildman–Crippen LogP) is 3.20. The van der Waals surface area contributed by atoms with Gasteiger partial charge in [0, 0.05) is 32.1 Å². The first-order valence-corrected chi connectivity index (χ1v) is 10.0. The number of guanidine groups is 1. The first-order valence-electron chi connectivity index (χ1n) is 10.0.